The highest BCUT2D eigenvalue weighted by Crippen LogP contribution is 2.48. The van der Waals surface area contributed by atoms with Crippen LogP contribution in [0.2, 0.25) is 0 Å². The summed E-state index contributed by atoms with van der Waals surface area (Å²) < 4.78 is 54.3. The van der Waals surface area contributed by atoms with Crippen LogP contribution >= 0.6 is 0 Å². The summed E-state index contributed by atoms with van der Waals surface area (Å²) in [6.07, 6.45) is -2.15. The maximum Gasteiger partial charge on any atom is 0.297 e. The number of Topliss-reactive ketones (excluding diaryl/α,β-unsaturated/α-hetero) is 1. The molecule has 2 saturated heterocycles. The Labute approximate surface area is 170 Å². The van der Waals surface area contributed by atoms with Crippen LogP contribution in [-0.2, 0) is 38.0 Å². The van der Waals surface area contributed by atoms with Gasteiger partial charge < -0.3 is 18.9 Å². The van der Waals surface area contributed by atoms with Crippen LogP contribution in [0.25, 0.3) is 0 Å². The Morgan fingerprint density at radius 1 is 1.03 bits per heavy atom. The van der Waals surface area contributed by atoms with E-state index in [4.69, 9.17) is 23.1 Å². The Morgan fingerprint density at radius 2 is 1.69 bits per heavy atom. The van der Waals surface area contributed by atoms with E-state index in [0.717, 1.165) is 5.56 Å². The highest BCUT2D eigenvalue weighted by atomic mass is 32.2. The fourth-order valence-corrected chi connectivity index (χ4v) is 5.21. The quantitative estimate of drug-likeness (QED) is 0.675. The molecule has 0 N–H and O–H groups in total. The topological polar surface area (TPSA) is 97.4 Å². The fraction of sp³-hybridized carbons (Fsp3) is 0.650. The van der Waals surface area contributed by atoms with E-state index in [0.29, 0.717) is 0 Å². The van der Waals surface area contributed by atoms with Crippen LogP contribution in [0.1, 0.15) is 39.7 Å². The van der Waals surface area contributed by atoms with Gasteiger partial charge in [0.15, 0.2) is 23.5 Å². The molecule has 0 aromatic heterocycles. The first-order valence-corrected chi connectivity index (χ1v) is 11.0. The van der Waals surface area contributed by atoms with Crippen LogP contribution in [0, 0.1) is 6.92 Å². The van der Waals surface area contributed by atoms with Gasteiger partial charge in [-0.3, -0.25) is 8.98 Å². The van der Waals surface area contributed by atoms with Crippen LogP contribution < -0.4 is 0 Å². The van der Waals surface area contributed by atoms with E-state index in [2.05, 4.69) is 0 Å². The summed E-state index contributed by atoms with van der Waals surface area (Å²) in [7, 11) is -4.04. The Hall–Kier alpha value is -1.36. The van der Waals surface area contributed by atoms with Gasteiger partial charge in [-0.2, -0.15) is 8.42 Å². The third kappa shape index (κ3) is 3.75. The standard InChI is InChI=1S/C20H26O8S/c1-12-6-8-13(9-7-12)29(22,23)24-11-20-10-14-16(26-18(2,3)25-14)15(21)17(20)27-19(4,5)28-20/h6-9,14,16-17H,10-11H2,1-5H3/t14-,16-,17+,20+/m0/s1. The number of aryl methyl sites for hydroxylation is 1. The number of rotatable bonds is 4. The van der Waals surface area contributed by atoms with E-state index in [1.165, 1.54) is 12.1 Å². The first-order chi connectivity index (χ1) is 13.3. The minimum Gasteiger partial charge on any atom is -0.344 e. The van der Waals surface area contributed by atoms with Crippen molar-refractivity contribution in [2.75, 3.05) is 6.61 Å². The second-order valence-electron chi connectivity index (χ2n) is 8.80. The predicted molar refractivity (Wildman–Crippen MR) is 101 cm³/mol. The number of hydrogen-bond donors (Lipinski definition) is 0. The van der Waals surface area contributed by atoms with Crippen LogP contribution in [0.4, 0.5) is 0 Å². The molecule has 0 bridgehead atoms. The van der Waals surface area contributed by atoms with Gasteiger partial charge in [0.05, 0.1) is 17.6 Å². The normalized spacial score (nSPS) is 35.3. The largest absolute Gasteiger partial charge is 0.344 e. The van der Waals surface area contributed by atoms with Gasteiger partial charge in [0, 0.05) is 6.42 Å². The van der Waals surface area contributed by atoms with Gasteiger partial charge in [0.25, 0.3) is 10.1 Å². The predicted octanol–water partition coefficient (Wildman–Crippen LogP) is 2.08. The van der Waals surface area contributed by atoms with Crippen molar-refractivity contribution in [2.24, 2.45) is 0 Å². The molecule has 1 aromatic rings. The lowest BCUT2D eigenvalue weighted by Crippen LogP contribution is -2.60. The summed E-state index contributed by atoms with van der Waals surface area (Å²) in [5.41, 5.74) is -0.356. The van der Waals surface area contributed by atoms with E-state index >= 15 is 0 Å². The molecule has 8 nitrogen and oxygen atoms in total. The first kappa shape index (κ1) is 20.9. The Balaban J connectivity index is 1.61. The Morgan fingerprint density at radius 3 is 2.34 bits per heavy atom. The minimum atomic E-state index is -4.04. The second-order valence-corrected chi connectivity index (χ2v) is 10.4. The smallest absolute Gasteiger partial charge is 0.297 e. The van der Waals surface area contributed by atoms with Crippen molar-refractivity contribution in [2.45, 2.75) is 81.4 Å². The van der Waals surface area contributed by atoms with E-state index in [-0.39, 0.29) is 23.7 Å². The molecule has 0 unspecified atom stereocenters. The number of ether oxygens (including phenoxy) is 4. The van der Waals surface area contributed by atoms with Crippen LogP contribution in [-0.4, -0.2) is 56.3 Å². The summed E-state index contributed by atoms with van der Waals surface area (Å²) in [5.74, 6) is -2.32. The Kier molecular flexibility index (Phi) is 4.73. The van der Waals surface area contributed by atoms with Gasteiger partial charge in [-0.1, -0.05) is 17.7 Å². The minimum absolute atomic E-state index is 0.0378. The maximum atomic E-state index is 13.1. The zero-order valence-corrected chi connectivity index (χ0v) is 17.9. The molecule has 3 aliphatic rings. The van der Waals surface area contributed by atoms with Gasteiger partial charge in [-0.05, 0) is 46.8 Å². The molecule has 0 radical (unpaired) electrons. The SMILES string of the molecule is Cc1ccc(S(=O)(=O)OC[C@]23C[C@@H]4OC(C)(C)O[C@@H]4C(=O)[C@H]2OC(C)(C)O3)cc1. The maximum absolute atomic E-state index is 13.1. The number of hydrogen-bond acceptors (Lipinski definition) is 8. The lowest BCUT2D eigenvalue weighted by molar-refractivity contribution is -0.181. The molecule has 9 heteroatoms. The molecular formula is C20H26O8S. The van der Waals surface area contributed by atoms with Gasteiger partial charge in [0.1, 0.15) is 11.7 Å². The third-order valence-electron chi connectivity index (χ3n) is 5.37. The average molecular weight is 426 g/mol. The summed E-state index contributed by atoms with van der Waals surface area (Å²) in [4.78, 5) is 13.1. The molecule has 4 atom stereocenters. The van der Waals surface area contributed by atoms with Gasteiger partial charge in [-0.15, -0.1) is 0 Å². The zero-order valence-electron chi connectivity index (χ0n) is 17.1. The molecule has 2 aliphatic heterocycles. The average Bonchev–Trinajstić information content (AvgIpc) is 3.06. The molecule has 29 heavy (non-hydrogen) atoms. The van der Waals surface area contributed by atoms with Crippen molar-refractivity contribution < 1.29 is 36.3 Å². The first-order valence-electron chi connectivity index (χ1n) is 9.56. The third-order valence-corrected chi connectivity index (χ3v) is 6.64. The van der Waals surface area contributed by atoms with Crippen molar-refractivity contribution in [3.05, 3.63) is 29.8 Å². The van der Waals surface area contributed by atoms with E-state index in [1.807, 2.05) is 6.92 Å². The van der Waals surface area contributed by atoms with Crippen LogP contribution in [0.3, 0.4) is 0 Å². The van der Waals surface area contributed by atoms with E-state index in [1.54, 1.807) is 39.8 Å². The summed E-state index contributed by atoms with van der Waals surface area (Å²) in [6, 6.07) is 6.34. The molecule has 0 amide bonds. The fourth-order valence-electron chi connectivity index (χ4n) is 4.25. The molecular weight excluding hydrogens is 400 g/mol. The lowest BCUT2D eigenvalue weighted by Gasteiger charge is -2.38. The van der Waals surface area contributed by atoms with Crippen molar-refractivity contribution in [3.63, 3.8) is 0 Å². The summed E-state index contributed by atoms with van der Waals surface area (Å²) >= 11 is 0. The van der Waals surface area contributed by atoms with Crippen LogP contribution in [0.15, 0.2) is 29.2 Å². The number of carbonyl (C=O) groups excluding carboxylic acids is 1. The van der Waals surface area contributed by atoms with Crippen molar-refractivity contribution in [1.29, 1.82) is 0 Å². The summed E-state index contributed by atoms with van der Waals surface area (Å²) in [6.45, 7) is 8.31. The molecule has 2 heterocycles. The van der Waals surface area contributed by atoms with Crippen LogP contribution in [0.5, 0.6) is 0 Å². The van der Waals surface area contributed by atoms with Gasteiger partial charge >= 0.3 is 0 Å². The van der Waals surface area contributed by atoms with Crippen molar-refractivity contribution >= 4 is 15.9 Å². The van der Waals surface area contributed by atoms with Gasteiger partial charge in [0.2, 0.25) is 0 Å². The zero-order chi connectivity index (χ0) is 21.2. The summed E-state index contributed by atoms with van der Waals surface area (Å²) in [5, 5.41) is 0. The molecule has 0 spiro atoms. The number of fused-ring (bicyclic) bond motifs is 2. The molecule has 1 aromatic carbocycles. The highest BCUT2D eigenvalue weighted by molar-refractivity contribution is 7.86. The Bertz CT molecular complexity index is 920. The van der Waals surface area contributed by atoms with E-state index < -0.39 is 45.6 Å². The molecule has 3 fully saturated rings. The molecule has 160 valence electrons. The number of carbonyl (C=O) groups is 1. The van der Waals surface area contributed by atoms with Crippen molar-refractivity contribution in [3.8, 4) is 0 Å². The van der Waals surface area contributed by atoms with E-state index in [9.17, 15) is 13.2 Å². The van der Waals surface area contributed by atoms with Crippen molar-refractivity contribution in [1.82, 2.24) is 0 Å². The molecule has 4 rings (SSSR count). The van der Waals surface area contributed by atoms with Gasteiger partial charge in [-0.25, -0.2) is 0 Å². The number of ketones is 1. The second kappa shape index (κ2) is 6.57. The monoisotopic (exact) mass is 426 g/mol. The molecule has 1 saturated carbocycles. The molecule has 1 aliphatic carbocycles. The lowest BCUT2D eigenvalue weighted by atomic mass is 9.79. The number of benzene rings is 1. The highest BCUT2D eigenvalue weighted by Gasteiger charge is 2.66.